The molecule has 1 aliphatic carbocycles. The highest BCUT2D eigenvalue weighted by molar-refractivity contribution is 5.75. The number of likely N-dealkylation sites (tertiary alicyclic amines) is 1. The topological polar surface area (TPSA) is 69.7 Å². The van der Waals surface area contributed by atoms with Gasteiger partial charge >= 0.3 is 6.09 Å². The first-order valence-electron chi connectivity index (χ1n) is 7.75. The van der Waals surface area contributed by atoms with Crippen LogP contribution in [0.1, 0.15) is 25.3 Å². The zero-order valence-electron chi connectivity index (χ0n) is 12.7. The van der Waals surface area contributed by atoms with E-state index in [9.17, 15) is 14.7 Å². The molecule has 1 aromatic carbocycles. The molecule has 1 aliphatic heterocycles. The lowest BCUT2D eigenvalue weighted by Gasteiger charge is -2.31. The van der Waals surface area contributed by atoms with Gasteiger partial charge in [-0.25, -0.2) is 4.79 Å². The monoisotopic (exact) mass is 302 g/mol. The van der Waals surface area contributed by atoms with Crippen LogP contribution in [0.4, 0.5) is 4.79 Å². The minimum absolute atomic E-state index is 0.153. The van der Waals surface area contributed by atoms with Gasteiger partial charge in [-0.1, -0.05) is 37.3 Å². The predicted octanol–water partition coefficient (Wildman–Crippen LogP) is 1.42. The average Bonchev–Trinajstić information content (AvgIpc) is 3.22. The second-order valence-electron chi connectivity index (χ2n) is 6.24. The molecule has 3 unspecified atom stereocenters. The predicted molar refractivity (Wildman–Crippen MR) is 77.5 cm³/mol. The molecular weight excluding hydrogens is 282 g/mol. The van der Waals surface area contributed by atoms with Crippen molar-refractivity contribution in [2.45, 2.75) is 26.4 Å². The molecule has 5 nitrogen and oxygen atoms in total. The van der Waals surface area contributed by atoms with Gasteiger partial charge in [0.05, 0.1) is 0 Å². The van der Waals surface area contributed by atoms with E-state index in [2.05, 4.69) is 0 Å². The van der Waals surface area contributed by atoms with Crippen LogP contribution in [-0.2, 0) is 16.1 Å². The van der Waals surface area contributed by atoms with Crippen LogP contribution in [0.25, 0.3) is 0 Å². The van der Waals surface area contributed by atoms with Crippen molar-refractivity contribution < 1.29 is 19.4 Å². The lowest BCUT2D eigenvalue weighted by atomic mass is 9.94. The molecular formula is C17H20NO4-. The number of aliphatic carboxylic acids is 1. The van der Waals surface area contributed by atoms with Crippen LogP contribution in [-0.4, -0.2) is 30.1 Å². The third-order valence-corrected chi connectivity index (χ3v) is 5.22. The van der Waals surface area contributed by atoms with Crippen LogP contribution in [0, 0.1) is 17.3 Å². The molecule has 22 heavy (non-hydrogen) atoms. The van der Waals surface area contributed by atoms with Crippen molar-refractivity contribution in [2.24, 2.45) is 17.3 Å². The van der Waals surface area contributed by atoms with Gasteiger partial charge in [0.25, 0.3) is 0 Å². The number of ether oxygens (including phenoxy) is 1. The van der Waals surface area contributed by atoms with Crippen molar-refractivity contribution in [2.75, 3.05) is 13.1 Å². The summed E-state index contributed by atoms with van der Waals surface area (Å²) in [7, 11) is 0. The van der Waals surface area contributed by atoms with Gasteiger partial charge in [-0.3, -0.25) is 0 Å². The van der Waals surface area contributed by atoms with E-state index in [0.717, 1.165) is 12.0 Å². The van der Waals surface area contributed by atoms with Gasteiger partial charge in [-0.15, -0.1) is 0 Å². The Labute approximate surface area is 129 Å². The van der Waals surface area contributed by atoms with Gasteiger partial charge in [0.15, 0.2) is 0 Å². The van der Waals surface area contributed by atoms with Crippen LogP contribution in [0.3, 0.4) is 0 Å². The average molecular weight is 302 g/mol. The number of amides is 1. The number of carbonyl (C=O) groups excluding carboxylic acids is 2. The molecule has 0 radical (unpaired) electrons. The maximum absolute atomic E-state index is 12.2. The summed E-state index contributed by atoms with van der Waals surface area (Å²) in [6, 6.07) is 9.51. The van der Waals surface area contributed by atoms with Crippen LogP contribution in [0.15, 0.2) is 30.3 Å². The summed E-state index contributed by atoms with van der Waals surface area (Å²) in [6.45, 7) is 3.24. The van der Waals surface area contributed by atoms with Crippen molar-refractivity contribution in [3.63, 3.8) is 0 Å². The highest BCUT2D eigenvalue weighted by Gasteiger charge is 2.66. The molecule has 1 aromatic rings. The number of carboxylic acids is 1. The Morgan fingerprint density at radius 1 is 1.36 bits per heavy atom. The zero-order chi connectivity index (χ0) is 15.7. The molecule has 0 aromatic heterocycles. The molecule has 1 heterocycles. The standard InChI is InChI=1S/C17H21NO4/c1-2-17-11-18(9-8-13(17)14(17)15(19)20)16(21)22-10-12-6-4-3-5-7-12/h3-7,13-14H,2,8-11H2,1H3,(H,19,20)/p-1. The van der Waals surface area contributed by atoms with Crippen molar-refractivity contribution >= 4 is 12.1 Å². The fraction of sp³-hybridized carbons (Fsp3) is 0.529. The molecule has 0 spiro atoms. The molecule has 3 rings (SSSR count). The summed E-state index contributed by atoms with van der Waals surface area (Å²) in [5, 5.41) is 11.2. The molecule has 2 fully saturated rings. The minimum atomic E-state index is -0.980. The fourth-order valence-corrected chi connectivity index (χ4v) is 3.94. The number of rotatable bonds is 4. The summed E-state index contributed by atoms with van der Waals surface area (Å²) in [6.07, 6.45) is 1.10. The summed E-state index contributed by atoms with van der Waals surface area (Å²) in [4.78, 5) is 25.1. The Morgan fingerprint density at radius 3 is 2.73 bits per heavy atom. The summed E-state index contributed by atoms with van der Waals surface area (Å²) >= 11 is 0. The first-order chi connectivity index (χ1) is 10.6. The number of hydrogen-bond donors (Lipinski definition) is 0. The lowest BCUT2D eigenvalue weighted by Crippen LogP contribution is -2.41. The summed E-state index contributed by atoms with van der Waals surface area (Å²) < 4.78 is 5.34. The second-order valence-corrected chi connectivity index (χ2v) is 6.24. The van der Waals surface area contributed by atoms with Crippen LogP contribution < -0.4 is 5.11 Å². The van der Waals surface area contributed by atoms with Crippen molar-refractivity contribution in [3.05, 3.63) is 35.9 Å². The molecule has 0 bridgehead atoms. The number of carboxylic acid groups (broad SMARTS) is 1. The number of nitrogens with zero attached hydrogens (tertiary/aromatic N) is 1. The number of piperidine rings is 1. The smallest absolute Gasteiger partial charge is 0.410 e. The first-order valence-corrected chi connectivity index (χ1v) is 7.75. The number of hydrogen-bond acceptors (Lipinski definition) is 4. The molecule has 1 amide bonds. The Morgan fingerprint density at radius 2 is 2.09 bits per heavy atom. The van der Waals surface area contributed by atoms with E-state index in [-0.39, 0.29) is 24.0 Å². The molecule has 1 saturated carbocycles. The number of carbonyl (C=O) groups is 2. The summed E-state index contributed by atoms with van der Waals surface area (Å²) in [5.41, 5.74) is 0.637. The molecule has 5 heteroatoms. The van der Waals surface area contributed by atoms with E-state index in [0.29, 0.717) is 19.5 Å². The third-order valence-electron chi connectivity index (χ3n) is 5.22. The Balaban J connectivity index is 1.59. The molecule has 3 atom stereocenters. The maximum Gasteiger partial charge on any atom is 0.410 e. The molecule has 0 N–H and O–H groups in total. The van der Waals surface area contributed by atoms with Gasteiger partial charge in [0.1, 0.15) is 6.61 Å². The van der Waals surface area contributed by atoms with E-state index < -0.39 is 11.9 Å². The second kappa shape index (κ2) is 5.63. The first kappa shape index (κ1) is 14.9. The fourth-order valence-electron chi connectivity index (χ4n) is 3.94. The number of benzene rings is 1. The van der Waals surface area contributed by atoms with Crippen molar-refractivity contribution in [1.82, 2.24) is 4.90 Å². The van der Waals surface area contributed by atoms with Crippen LogP contribution >= 0.6 is 0 Å². The molecule has 2 aliphatic rings. The van der Waals surface area contributed by atoms with E-state index in [1.54, 1.807) is 4.90 Å². The normalized spacial score (nSPS) is 29.6. The third kappa shape index (κ3) is 2.45. The van der Waals surface area contributed by atoms with Gasteiger partial charge in [-0.2, -0.15) is 0 Å². The van der Waals surface area contributed by atoms with E-state index in [1.807, 2.05) is 37.3 Å². The highest BCUT2D eigenvalue weighted by Crippen LogP contribution is 2.64. The Bertz CT molecular complexity index is 573. The molecule has 118 valence electrons. The summed E-state index contributed by atoms with van der Waals surface area (Å²) in [5.74, 6) is -1.24. The number of fused-ring (bicyclic) bond motifs is 1. The van der Waals surface area contributed by atoms with Crippen LogP contribution in [0.5, 0.6) is 0 Å². The van der Waals surface area contributed by atoms with Crippen LogP contribution in [0.2, 0.25) is 0 Å². The van der Waals surface area contributed by atoms with Crippen molar-refractivity contribution in [3.8, 4) is 0 Å². The maximum atomic E-state index is 12.2. The lowest BCUT2D eigenvalue weighted by molar-refractivity contribution is -0.309. The SMILES string of the molecule is CCC12CN(C(=O)OCc3ccccc3)CCC1C2C(=O)[O-]. The Hall–Kier alpha value is -2.04. The zero-order valence-corrected chi connectivity index (χ0v) is 12.7. The van der Waals surface area contributed by atoms with Gasteiger partial charge in [0.2, 0.25) is 0 Å². The van der Waals surface area contributed by atoms with E-state index >= 15 is 0 Å². The van der Waals surface area contributed by atoms with Gasteiger partial charge in [-0.05, 0) is 29.7 Å². The van der Waals surface area contributed by atoms with Gasteiger partial charge < -0.3 is 19.5 Å². The Kier molecular flexibility index (Phi) is 3.81. The van der Waals surface area contributed by atoms with Crippen molar-refractivity contribution in [1.29, 1.82) is 0 Å². The van der Waals surface area contributed by atoms with E-state index in [4.69, 9.17) is 4.74 Å². The van der Waals surface area contributed by atoms with E-state index in [1.165, 1.54) is 0 Å². The quantitative estimate of drug-likeness (QED) is 0.843. The minimum Gasteiger partial charge on any atom is -0.550 e. The highest BCUT2D eigenvalue weighted by atomic mass is 16.6. The molecule has 1 saturated heterocycles. The van der Waals surface area contributed by atoms with Gasteiger partial charge in [0, 0.05) is 25.0 Å². The largest absolute Gasteiger partial charge is 0.550 e.